The molecular formula is C35H39N3O5S. The molecule has 0 heterocycles. The molecule has 4 rings (SSSR count). The van der Waals surface area contributed by atoms with Crippen LogP contribution in [0.15, 0.2) is 108 Å². The van der Waals surface area contributed by atoms with Crippen molar-refractivity contribution in [2.45, 2.75) is 51.6 Å². The van der Waals surface area contributed by atoms with Gasteiger partial charge in [-0.2, -0.15) is 0 Å². The molecule has 0 aliphatic heterocycles. The summed E-state index contributed by atoms with van der Waals surface area (Å²) in [5.41, 5.74) is 3.10. The van der Waals surface area contributed by atoms with Gasteiger partial charge in [0.25, 0.3) is 10.0 Å². The molecule has 1 atom stereocenters. The smallest absolute Gasteiger partial charge is 0.264 e. The number of nitrogens with zero attached hydrogens (tertiary/aromatic N) is 2. The number of para-hydroxylation sites is 1. The number of nitrogens with one attached hydrogen (secondary N) is 1. The first-order valence-electron chi connectivity index (χ1n) is 14.7. The molecule has 8 nitrogen and oxygen atoms in total. The zero-order chi connectivity index (χ0) is 31.7. The molecule has 4 aromatic rings. The van der Waals surface area contributed by atoms with Crippen molar-refractivity contribution >= 4 is 27.5 Å². The summed E-state index contributed by atoms with van der Waals surface area (Å²) >= 11 is 0. The summed E-state index contributed by atoms with van der Waals surface area (Å²) in [7, 11) is -4.17. The van der Waals surface area contributed by atoms with Crippen LogP contribution in [0.3, 0.4) is 0 Å². The van der Waals surface area contributed by atoms with E-state index in [1.54, 1.807) is 36.4 Å². The molecule has 0 unspecified atom stereocenters. The fourth-order valence-corrected chi connectivity index (χ4v) is 6.19. The first-order valence-corrected chi connectivity index (χ1v) is 16.1. The number of aryl methyl sites for hydroxylation is 2. The van der Waals surface area contributed by atoms with Crippen LogP contribution in [0.1, 0.15) is 37.0 Å². The van der Waals surface area contributed by atoms with Crippen LogP contribution in [0, 0.1) is 13.8 Å². The van der Waals surface area contributed by atoms with Crippen molar-refractivity contribution in [2.75, 3.05) is 17.4 Å². The molecule has 9 heteroatoms. The van der Waals surface area contributed by atoms with E-state index in [4.69, 9.17) is 4.74 Å². The lowest BCUT2D eigenvalue weighted by atomic mass is 10.1. The zero-order valence-electron chi connectivity index (χ0n) is 25.6. The number of sulfonamides is 1. The van der Waals surface area contributed by atoms with Crippen LogP contribution in [0.2, 0.25) is 0 Å². The summed E-state index contributed by atoms with van der Waals surface area (Å²) in [5, 5.41) is 2.82. The number of amides is 2. The zero-order valence-corrected chi connectivity index (χ0v) is 26.4. The van der Waals surface area contributed by atoms with Gasteiger partial charge in [-0.1, -0.05) is 72.6 Å². The standard InChI is InChI=1S/C35H39N3O5S/c1-5-33(35(40)36-6-2)37(24-28-16-12-26(3)13-17-28)34(39)25-38(44(41,42)32-22-14-27(4)15-23-32)29-18-20-31(21-19-29)43-30-10-8-7-9-11-30/h7-23,33H,5-6,24-25H2,1-4H3,(H,36,40)/t33-/m1/s1. The maximum absolute atomic E-state index is 14.2. The minimum absolute atomic E-state index is 0.0568. The number of ether oxygens (including phenoxy) is 1. The third-order valence-electron chi connectivity index (χ3n) is 7.20. The van der Waals surface area contributed by atoms with Gasteiger partial charge in [-0.3, -0.25) is 13.9 Å². The predicted octanol–water partition coefficient (Wildman–Crippen LogP) is 6.23. The molecule has 230 valence electrons. The van der Waals surface area contributed by atoms with Crippen LogP contribution in [-0.2, 0) is 26.2 Å². The second kappa shape index (κ2) is 14.7. The van der Waals surface area contributed by atoms with E-state index in [0.29, 0.717) is 30.2 Å². The van der Waals surface area contributed by atoms with E-state index in [2.05, 4.69) is 5.32 Å². The first-order chi connectivity index (χ1) is 21.1. The van der Waals surface area contributed by atoms with Gasteiger partial charge >= 0.3 is 0 Å². The average Bonchev–Trinajstić information content (AvgIpc) is 3.02. The molecule has 2 amide bonds. The third-order valence-corrected chi connectivity index (χ3v) is 8.99. The van der Waals surface area contributed by atoms with Crippen LogP contribution in [-0.4, -0.2) is 44.3 Å². The Morgan fingerprint density at radius 1 is 0.773 bits per heavy atom. The van der Waals surface area contributed by atoms with Gasteiger partial charge in [-0.25, -0.2) is 8.42 Å². The fraction of sp³-hybridized carbons (Fsp3) is 0.257. The van der Waals surface area contributed by atoms with E-state index in [0.717, 1.165) is 21.0 Å². The van der Waals surface area contributed by atoms with Crippen molar-refractivity contribution in [1.29, 1.82) is 0 Å². The minimum Gasteiger partial charge on any atom is -0.457 e. The average molecular weight is 614 g/mol. The van der Waals surface area contributed by atoms with Crippen LogP contribution < -0.4 is 14.4 Å². The van der Waals surface area contributed by atoms with Gasteiger partial charge in [0.2, 0.25) is 11.8 Å². The number of anilines is 1. The Kier molecular flexibility index (Phi) is 10.8. The Labute approximate surface area is 260 Å². The fourth-order valence-electron chi connectivity index (χ4n) is 4.77. The summed E-state index contributed by atoms with van der Waals surface area (Å²) in [6.07, 6.45) is 0.361. The molecule has 44 heavy (non-hydrogen) atoms. The van der Waals surface area contributed by atoms with Crippen LogP contribution in [0.5, 0.6) is 11.5 Å². The van der Waals surface area contributed by atoms with Crippen molar-refractivity contribution in [3.8, 4) is 11.5 Å². The number of hydrogen-bond acceptors (Lipinski definition) is 5. The second-order valence-electron chi connectivity index (χ2n) is 10.6. The number of carbonyl (C=O) groups is 2. The molecule has 0 saturated carbocycles. The normalized spacial score (nSPS) is 11.8. The monoisotopic (exact) mass is 613 g/mol. The molecule has 0 aromatic heterocycles. The van der Waals surface area contributed by atoms with Crippen molar-refractivity contribution in [3.05, 3.63) is 120 Å². The largest absolute Gasteiger partial charge is 0.457 e. The van der Waals surface area contributed by atoms with Gasteiger partial charge in [0.1, 0.15) is 24.1 Å². The third kappa shape index (κ3) is 8.05. The van der Waals surface area contributed by atoms with Crippen LogP contribution in [0.25, 0.3) is 0 Å². The van der Waals surface area contributed by atoms with Crippen LogP contribution >= 0.6 is 0 Å². The lowest BCUT2D eigenvalue weighted by molar-refractivity contribution is -0.140. The lowest BCUT2D eigenvalue weighted by Crippen LogP contribution is -2.52. The summed E-state index contributed by atoms with van der Waals surface area (Å²) in [5.74, 6) is 0.374. The maximum atomic E-state index is 14.2. The number of hydrogen-bond donors (Lipinski definition) is 1. The molecule has 0 spiro atoms. The van der Waals surface area contributed by atoms with Crippen molar-refractivity contribution in [3.63, 3.8) is 0 Å². The van der Waals surface area contributed by atoms with Gasteiger partial charge in [-0.05, 0) is 81.3 Å². The van der Waals surface area contributed by atoms with E-state index < -0.39 is 28.5 Å². The Balaban J connectivity index is 1.72. The van der Waals surface area contributed by atoms with E-state index >= 15 is 0 Å². The summed E-state index contributed by atoms with van der Waals surface area (Å²) in [4.78, 5) is 28.8. The Morgan fingerprint density at radius 3 is 1.91 bits per heavy atom. The van der Waals surface area contributed by atoms with Gasteiger partial charge in [0.15, 0.2) is 0 Å². The van der Waals surface area contributed by atoms with Crippen molar-refractivity contribution < 1.29 is 22.7 Å². The second-order valence-corrected chi connectivity index (χ2v) is 12.4. The van der Waals surface area contributed by atoms with Gasteiger partial charge in [-0.15, -0.1) is 0 Å². The van der Waals surface area contributed by atoms with E-state index in [9.17, 15) is 18.0 Å². The predicted molar refractivity (Wildman–Crippen MR) is 173 cm³/mol. The lowest BCUT2D eigenvalue weighted by Gasteiger charge is -2.33. The Bertz CT molecular complexity index is 1640. The summed E-state index contributed by atoms with van der Waals surface area (Å²) in [6.45, 7) is 7.55. The quantitative estimate of drug-likeness (QED) is 0.193. The number of likely N-dealkylation sites (N-methyl/N-ethyl adjacent to an activating group) is 1. The van der Waals surface area contributed by atoms with Gasteiger partial charge in [0.05, 0.1) is 10.6 Å². The molecule has 4 aromatic carbocycles. The number of benzene rings is 4. The van der Waals surface area contributed by atoms with Crippen molar-refractivity contribution in [2.24, 2.45) is 0 Å². The molecule has 0 fully saturated rings. The minimum atomic E-state index is -4.17. The number of carbonyl (C=O) groups excluding carboxylic acids is 2. The van der Waals surface area contributed by atoms with E-state index in [1.165, 1.54) is 17.0 Å². The Morgan fingerprint density at radius 2 is 1.34 bits per heavy atom. The highest BCUT2D eigenvalue weighted by molar-refractivity contribution is 7.92. The molecule has 0 bridgehead atoms. The highest BCUT2D eigenvalue weighted by atomic mass is 32.2. The first kappa shape index (κ1) is 32.3. The van der Waals surface area contributed by atoms with E-state index in [-0.39, 0.29) is 17.3 Å². The Hall–Kier alpha value is -4.63. The SMILES string of the molecule is CCNC(=O)[C@@H](CC)N(Cc1ccc(C)cc1)C(=O)CN(c1ccc(Oc2ccccc2)cc1)S(=O)(=O)c1ccc(C)cc1. The molecule has 0 aliphatic carbocycles. The molecule has 1 N–H and O–H groups in total. The van der Waals surface area contributed by atoms with Gasteiger partial charge < -0.3 is 15.0 Å². The molecule has 0 aliphatic rings. The highest BCUT2D eigenvalue weighted by Gasteiger charge is 2.33. The molecule has 0 saturated heterocycles. The molecular weight excluding hydrogens is 574 g/mol. The summed E-state index contributed by atoms with van der Waals surface area (Å²) in [6, 6.07) is 29.2. The number of rotatable bonds is 13. The topological polar surface area (TPSA) is 96.0 Å². The van der Waals surface area contributed by atoms with E-state index in [1.807, 2.05) is 82.3 Å². The van der Waals surface area contributed by atoms with Crippen LogP contribution in [0.4, 0.5) is 5.69 Å². The summed E-state index contributed by atoms with van der Waals surface area (Å²) < 4.78 is 35.2. The van der Waals surface area contributed by atoms with Crippen molar-refractivity contribution in [1.82, 2.24) is 10.2 Å². The maximum Gasteiger partial charge on any atom is 0.264 e. The highest BCUT2D eigenvalue weighted by Crippen LogP contribution is 2.29. The molecule has 0 radical (unpaired) electrons. The van der Waals surface area contributed by atoms with Gasteiger partial charge in [0, 0.05) is 13.1 Å².